The number of halogens is 1. The molecule has 1 aromatic carbocycles. The fraction of sp³-hybridized carbons (Fsp3) is 0.500. The number of rotatable bonds is 2. The molecule has 0 atom stereocenters. The summed E-state index contributed by atoms with van der Waals surface area (Å²) in [6.07, 6.45) is 2.35. The van der Waals surface area contributed by atoms with Crippen molar-refractivity contribution in [3.05, 3.63) is 28.8 Å². The predicted molar refractivity (Wildman–Crippen MR) is 79.2 cm³/mol. The van der Waals surface area contributed by atoms with Gasteiger partial charge >= 0.3 is 0 Å². The van der Waals surface area contributed by atoms with Crippen LogP contribution in [0.5, 0.6) is 0 Å². The van der Waals surface area contributed by atoms with Crippen LogP contribution < -0.4 is 10.6 Å². The summed E-state index contributed by atoms with van der Waals surface area (Å²) in [4.78, 5) is 2.27. The van der Waals surface area contributed by atoms with Crippen LogP contribution in [0.25, 0.3) is 0 Å². The molecule has 4 nitrogen and oxygen atoms in total. The maximum absolute atomic E-state index is 8.89. The van der Waals surface area contributed by atoms with Crippen LogP contribution in [0.15, 0.2) is 23.4 Å². The minimum absolute atomic E-state index is 0.120. The third-order valence-corrected chi connectivity index (χ3v) is 3.82. The van der Waals surface area contributed by atoms with Gasteiger partial charge in [0.15, 0.2) is 5.84 Å². The SMILES string of the molecule is CC1(C)CCCN(c2cc(Cl)ccc2C(N)=NO)C1. The van der Waals surface area contributed by atoms with Crippen molar-refractivity contribution >= 4 is 23.1 Å². The lowest BCUT2D eigenvalue weighted by molar-refractivity contribution is 0.293. The minimum atomic E-state index is 0.120. The fourth-order valence-corrected chi connectivity index (χ4v) is 2.83. The van der Waals surface area contributed by atoms with E-state index in [0.29, 0.717) is 5.02 Å². The summed E-state index contributed by atoms with van der Waals surface area (Å²) in [6, 6.07) is 5.44. The molecule has 1 fully saturated rings. The number of anilines is 1. The Bertz CT molecular complexity index is 499. The van der Waals surface area contributed by atoms with E-state index >= 15 is 0 Å². The molecule has 0 saturated carbocycles. The van der Waals surface area contributed by atoms with Crippen LogP contribution in [0.3, 0.4) is 0 Å². The van der Waals surface area contributed by atoms with Crippen LogP contribution >= 0.6 is 11.6 Å². The van der Waals surface area contributed by atoms with E-state index in [0.717, 1.165) is 30.8 Å². The van der Waals surface area contributed by atoms with Gasteiger partial charge in [0.05, 0.1) is 0 Å². The third kappa shape index (κ3) is 3.13. The molecule has 2 rings (SSSR count). The summed E-state index contributed by atoms with van der Waals surface area (Å²) in [7, 11) is 0. The van der Waals surface area contributed by atoms with Crippen LogP contribution in [0, 0.1) is 5.41 Å². The van der Waals surface area contributed by atoms with Gasteiger partial charge in [-0.15, -0.1) is 0 Å². The highest BCUT2D eigenvalue weighted by atomic mass is 35.5. The lowest BCUT2D eigenvalue weighted by atomic mass is 9.84. The summed E-state index contributed by atoms with van der Waals surface area (Å²) < 4.78 is 0. The van der Waals surface area contributed by atoms with E-state index in [4.69, 9.17) is 22.5 Å². The van der Waals surface area contributed by atoms with E-state index < -0.39 is 0 Å². The third-order valence-electron chi connectivity index (χ3n) is 3.58. The topological polar surface area (TPSA) is 61.8 Å². The second kappa shape index (κ2) is 5.29. The van der Waals surface area contributed by atoms with Gasteiger partial charge in [0.25, 0.3) is 0 Å². The van der Waals surface area contributed by atoms with Gasteiger partial charge in [-0.3, -0.25) is 0 Å². The number of amidine groups is 1. The molecule has 1 saturated heterocycles. The number of piperidine rings is 1. The van der Waals surface area contributed by atoms with E-state index in [2.05, 4.69) is 23.9 Å². The van der Waals surface area contributed by atoms with E-state index in [9.17, 15) is 0 Å². The van der Waals surface area contributed by atoms with Crippen molar-refractivity contribution in [1.29, 1.82) is 0 Å². The first kappa shape index (κ1) is 14.0. The van der Waals surface area contributed by atoms with Gasteiger partial charge in [0.2, 0.25) is 0 Å². The summed E-state index contributed by atoms with van der Waals surface area (Å²) in [5.74, 6) is 0.120. The average Bonchev–Trinajstić information content (AvgIpc) is 2.36. The van der Waals surface area contributed by atoms with Gasteiger partial charge in [-0.2, -0.15) is 0 Å². The van der Waals surface area contributed by atoms with E-state index in [1.807, 2.05) is 6.07 Å². The average molecular weight is 282 g/mol. The maximum atomic E-state index is 8.89. The van der Waals surface area contributed by atoms with Gasteiger partial charge in [-0.25, -0.2) is 0 Å². The second-order valence-electron chi connectivity index (χ2n) is 5.84. The molecule has 0 aromatic heterocycles. The standard InChI is InChI=1S/C14H20ClN3O/c1-14(2)6-3-7-18(9-14)12-8-10(15)4-5-11(12)13(16)17-19/h4-5,8,19H,3,6-7,9H2,1-2H3,(H2,16,17). The zero-order valence-electron chi connectivity index (χ0n) is 11.4. The van der Waals surface area contributed by atoms with Crippen molar-refractivity contribution in [3.8, 4) is 0 Å². The zero-order valence-corrected chi connectivity index (χ0v) is 12.1. The van der Waals surface area contributed by atoms with Gasteiger partial charge in [-0.05, 0) is 36.5 Å². The highest BCUT2D eigenvalue weighted by molar-refractivity contribution is 6.31. The Kier molecular flexibility index (Phi) is 3.90. The van der Waals surface area contributed by atoms with E-state index in [1.165, 1.54) is 6.42 Å². The van der Waals surface area contributed by atoms with Gasteiger partial charge in [0.1, 0.15) is 0 Å². The van der Waals surface area contributed by atoms with Crippen LogP contribution in [0.2, 0.25) is 5.02 Å². The molecule has 1 heterocycles. The summed E-state index contributed by atoms with van der Waals surface area (Å²) in [6.45, 7) is 6.42. The Morgan fingerprint density at radius 1 is 1.47 bits per heavy atom. The molecule has 0 bridgehead atoms. The number of nitrogens with two attached hydrogens (primary N) is 1. The molecule has 1 aliphatic rings. The highest BCUT2D eigenvalue weighted by Gasteiger charge is 2.28. The number of hydrogen-bond donors (Lipinski definition) is 2. The molecule has 0 unspecified atom stereocenters. The van der Waals surface area contributed by atoms with Crippen molar-refractivity contribution < 1.29 is 5.21 Å². The molecule has 3 N–H and O–H groups in total. The lowest BCUT2D eigenvalue weighted by Crippen LogP contribution is -2.41. The van der Waals surface area contributed by atoms with Gasteiger partial charge < -0.3 is 15.8 Å². The number of benzene rings is 1. The molecule has 0 spiro atoms. The summed E-state index contributed by atoms with van der Waals surface area (Å²) in [5.41, 5.74) is 7.68. The molecule has 0 radical (unpaired) electrons. The van der Waals surface area contributed by atoms with Crippen molar-refractivity contribution in [3.63, 3.8) is 0 Å². The quantitative estimate of drug-likeness (QED) is 0.379. The molecule has 1 aromatic rings. The Balaban J connectivity index is 2.40. The number of hydrogen-bond acceptors (Lipinski definition) is 3. The normalized spacial score (nSPS) is 19.5. The summed E-state index contributed by atoms with van der Waals surface area (Å²) >= 11 is 6.09. The largest absolute Gasteiger partial charge is 0.409 e. The van der Waals surface area contributed by atoms with Crippen molar-refractivity contribution in [2.75, 3.05) is 18.0 Å². The molecule has 5 heteroatoms. The Morgan fingerprint density at radius 3 is 2.84 bits per heavy atom. The Labute approximate surface area is 118 Å². The molecule has 19 heavy (non-hydrogen) atoms. The highest BCUT2D eigenvalue weighted by Crippen LogP contribution is 2.34. The molecule has 0 amide bonds. The fourth-order valence-electron chi connectivity index (χ4n) is 2.67. The van der Waals surface area contributed by atoms with E-state index in [1.54, 1.807) is 12.1 Å². The smallest absolute Gasteiger partial charge is 0.172 e. The first-order valence-corrected chi connectivity index (χ1v) is 6.83. The predicted octanol–water partition coefficient (Wildman–Crippen LogP) is 3.06. The van der Waals surface area contributed by atoms with Crippen molar-refractivity contribution in [2.45, 2.75) is 26.7 Å². The molecular formula is C14H20ClN3O. The van der Waals surface area contributed by atoms with Crippen molar-refractivity contribution in [1.82, 2.24) is 0 Å². The molecule has 1 aliphatic heterocycles. The zero-order chi connectivity index (χ0) is 14.0. The lowest BCUT2D eigenvalue weighted by Gasteiger charge is -2.40. The van der Waals surface area contributed by atoms with E-state index in [-0.39, 0.29) is 11.3 Å². The molecule has 104 valence electrons. The van der Waals surface area contributed by atoms with Gasteiger partial charge in [0, 0.05) is 29.4 Å². The van der Waals surface area contributed by atoms with Crippen LogP contribution in [-0.2, 0) is 0 Å². The monoisotopic (exact) mass is 281 g/mol. The maximum Gasteiger partial charge on any atom is 0.172 e. The second-order valence-corrected chi connectivity index (χ2v) is 6.27. The Morgan fingerprint density at radius 2 is 2.21 bits per heavy atom. The minimum Gasteiger partial charge on any atom is -0.409 e. The van der Waals surface area contributed by atoms with Gasteiger partial charge in [-0.1, -0.05) is 30.6 Å². The summed E-state index contributed by atoms with van der Waals surface area (Å²) in [5, 5.41) is 12.7. The first-order chi connectivity index (χ1) is 8.93. The van der Waals surface area contributed by atoms with Crippen molar-refractivity contribution in [2.24, 2.45) is 16.3 Å². The molecule has 0 aliphatic carbocycles. The van der Waals surface area contributed by atoms with Crippen LogP contribution in [-0.4, -0.2) is 24.1 Å². The van der Waals surface area contributed by atoms with Crippen LogP contribution in [0.4, 0.5) is 5.69 Å². The Hall–Kier alpha value is -1.42. The van der Waals surface area contributed by atoms with Crippen LogP contribution in [0.1, 0.15) is 32.3 Å². The molecular weight excluding hydrogens is 262 g/mol. The first-order valence-electron chi connectivity index (χ1n) is 6.45. The number of nitrogens with zero attached hydrogens (tertiary/aromatic N) is 2. The number of oxime groups is 1.